The van der Waals surface area contributed by atoms with Crippen LogP contribution in [-0.4, -0.2) is 23.2 Å². The van der Waals surface area contributed by atoms with Gasteiger partial charge < -0.3 is 21.9 Å². The fraction of sp³-hybridized carbons (Fsp3) is 0.333. The molecule has 0 bridgehead atoms. The van der Waals surface area contributed by atoms with Gasteiger partial charge in [-0.25, -0.2) is 4.98 Å². The Labute approximate surface area is 187 Å². The van der Waals surface area contributed by atoms with E-state index in [1.165, 1.54) is 22.3 Å². The Morgan fingerprint density at radius 3 is 2.48 bits per heavy atom. The van der Waals surface area contributed by atoms with Crippen molar-refractivity contribution in [3.05, 3.63) is 95.1 Å². The van der Waals surface area contributed by atoms with Gasteiger partial charge in [0.05, 0.1) is 6.33 Å². The van der Waals surface area contributed by atoms with E-state index in [2.05, 4.69) is 54.5 Å². The zero-order valence-electron chi connectivity index (χ0n) is 17.1. The molecule has 1 atom stereocenters. The molecule has 0 amide bonds. The van der Waals surface area contributed by atoms with E-state index in [1.54, 1.807) is 6.33 Å². The molecule has 5 heteroatoms. The van der Waals surface area contributed by atoms with E-state index in [-0.39, 0.29) is 25.7 Å². The Hall–Kier alpha value is -1.95. The van der Waals surface area contributed by atoms with Gasteiger partial charge in [-0.15, -0.1) is 5.69 Å². The minimum atomic E-state index is 0. The van der Waals surface area contributed by atoms with Gasteiger partial charge in [0.15, 0.2) is 0 Å². The number of H-pyrrole nitrogens is 1. The second-order valence-corrected chi connectivity index (χ2v) is 7.23. The van der Waals surface area contributed by atoms with Gasteiger partial charge >= 0.3 is 19.8 Å². The first kappa shape index (κ1) is 23.3. The van der Waals surface area contributed by atoms with Crippen LogP contribution in [0.5, 0.6) is 0 Å². The van der Waals surface area contributed by atoms with Crippen LogP contribution in [-0.2, 0) is 30.9 Å². The van der Waals surface area contributed by atoms with Crippen molar-refractivity contribution < 1.29 is 24.5 Å². The van der Waals surface area contributed by atoms with Crippen LogP contribution < -0.4 is 0 Å². The van der Waals surface area contributed by atoms with E-state index in [4.69, 9.17) is 10.5 Å². The van der Waals surface area contributed by atoms with E-state index in [0.29, 0.717) is 5.69 Å². The third-order valence-electron chi connectivity index (χ3n) is 5.22. The molecule has 2 aromatic carbocycles. The molecule has 4 nitrogen and oxygen atoms in total. The van der Waals surface area contributed by atoms with Gasteiger partial charge in [-0.2, -0.15) is 12.8 Å². The number of rotatable bonds is 4. The maximum atomic E-state index is 7.82. The molecule has 4 rings (SSSR count). The van der Waals surface area contributed by atoms with Crippen molar-refractivity contribution in [3.8, 4) is 0 Å². The maximum Gasteiger partial charge on any atom is 1.00 e. The van der Waals surface area contributed by atoms with Crippen LogP contribution in [0, 0.1) is 20.3 Å². The minimum absolute atomic E-state index is 0. The Morgan fingerprint density at radius 1 is 1.14 bits per heavy atom. The molecule has 1 aliphatic rings. The van der Waals surface area contributed by atoms with Gasteiger partial charge in [-0.3, -0.25) is 0 Å². The molecule has 1 saturated heterocycles. The number of ether oxygens (including phenoxy) is 1. The molecule has 0 aliphatic carbocycles. The fourth-order valence-electron chi connectivity index (χ4n) is 3.51. The van der Waals surface area contributed by atoms with Gasteiger partial charge in [0.2, 0.25) is 0 Å². The Morgan fingerprint density at radius 2 is 1.90 bits per heavy atom. The number of nitrogens with zero attached hydrogens (tertiary/aromatic N) is 1. The average Bonchev–Trinajstić information content (AvgIpc) is 3.25. The average molecular weight is 566 g/mol. The van der Waals surface area contributed by atoms with Crippen molar-refractivity contribution >= 4 is 5.69 Å². The molecule has 1 unspecified atom stereocenters. The zero-order valence-corrected chi connectivity index (χ0v) is 19.6. The number of imidazole rings is 1. The molecule has 1 aliphatic heterocycles. The predicted octanol–water partition coefficient (Wildman–Crippen LogP) is 6.08. The number of nitrogens with one attached hydrogen (secondary N) is 2. The number of aromatic nitrogens is 2. The summed E-state index contributed by atoms with van der Waals surface area (Å²) in [4.78, 5) is 7.45. The van der Waals surface area contributed by atoms with Gasteiger partial charge in [0.25, 0.3) is 0 Å². The monoisotopic (exact) mass is 567 g/mol. The Kier molecular flexibility index (Phi) is 9.58. The van der Waals surface area contributed by atoms with E-state index in [9.17, 15) is 0 Å². The molecular weight excluding hydrogens is 537 g/mol. The van der Waals surface area contributed by atoms with Crippen LogP contribution in [0.4, 0.5) is 5.69 Å². The summed E-state index contributed by atoms with van der Waals surface area (Å²) in [5.41, 5.74) is 14.6. The third kappa shape index (κ3) is 6.80. The predicted molar refractivity (Wildman–Crippen MR) is 115 cm³/mol. The van der Waals surface area contributed by atoms with E-state index < -0.39 is 0 Å². The van der Waals surface area contributed by atoms with Crippen LogP contribution in [0.1, 0.15) is 46.7 Å². The van der Waals surface area contributed by atoms with Gasteiger partial charge in [-0.05, 0) is 42.5 Å². The number of aryl methyl sites for hydroxylation is 1. The third-order valence-corrected chi connectivity index (χ3v) is 5.22. The summed E-state index contributed by atoms with van der Waals surface area (Å²) >= 11 is 0. The quantitative estimate of drug-likeness (QED) is 0.390. The van der Waals surface area contributed by atoms with Crippen molar-refractivity contribution in [1.29, 1.82) is 0 Å². The maximum absolute atomic E-state index is 7.82. The fourth-order valence-corrected chi connectivity index (χ4v) is 3.51. The molecule has 0 spiro atoms. The molecule has 155 valence electrons. The van der Waals surface area contributed by atoms with Crippen molar-refractivity contribution in [2.24, 2.45) is 0 Å². The second kappa shape index (κ2) is 11.9. The molecule has 2 N–H and O–H groups in total. The second-order valence-electron chi connectivity index (χ2n) is 7.23. The number of aromatic amines is 1. The smallest absolute Gasteiger partial charge is 0.699 e. The Balaban J connectivity index is 0.000000369. The molecule has 1 aromatic heterocycles. The number of benzene rings is 2. The van der Waals surface area contributed by atoms with Crippen molar-refractivity contribution in [3.63, 3.8) is 0 Å². The normalized spacial score (nSPS) is 14.3. The SMILES string of the molecule is Cc1cccc(C(Cc2cccc([NH-])c2)c2cnc[nH]2)c1C.[CH-]1CCOCC1.[Os+]. The van der Waals surface area contributed by atoms with Crippen LogP contribution in [0.25, 0.3) is 5.73 Å². The van der Waals surface area contributed by atoms with Gasteiger partial charge in [-0.1, -0.05) is 42.5 Å². The molecule has 1 radical (unpaired) electrons. The first-order valence-electron chi connectivity index (χ1n) is 9.89. The van der Waals surface area contributed by atoms with E-state index >= 15 is 0 Å². The van der Waals surface area contributed by atoms with Gasteiger partial charge in [0, 0.05) is 31.0 Å². The van der Waals surface area contributed by atoms with Crippen molar-refractivity contribution in [2.75, 3.05) is 13.2 Å². The first-order valence-corrected chi connectivity index (χ1v) is 9.89. The minimum Gasteiger partial charge on any atom is -0.699 e. The number of hydrogen-bond donors (Lipinski definition) is 1. The summed E-state index contributed by atoms with van der Waals surface area (Å²) in [5.74, 6) is 0.226. The summed E-state index contributed by atoms with van der Waals surface area (Å²) in [6.45, 7) is 6.21. The molecule has 3 aromatic rings. The molecular formula is C24H29N3OOs-. The van der Waals surface area contributed by atoms with Crippen molar-refractivity contribution in [1.82, 2.24) is 9.97 Å². The molecule has 2 heterocycles. The summed E-state index contributed by atoms with van der Waals surface area (Å²) < 4.78 is 5.04. The molecule has 1 fully saturated rings. The summed E-state index contributed by atoms with van der Waals surface area (Å²) in [6.07, 6.45) is 9.06. The Bertz CT molecular complexity index is 849. The van der Waals surface area contributed by atoms with Crippen LogP contribution in [0.2, 0.25) is 0 Å². The summed E-state index contributed by atoms with van der Waals surface area (Å²) in [7, 11) is 0. The van der Waals surface area contributed by atoms with E-state index in [1.807, 2.05) is 24.4 Å². The summed E-state index contributed by atoms with van der Waals surface area (Å²) in [6, 6.07) is 14.2. The largest absolute Gasteiger partial charge is 1.00 e. The van der Waals surface area contributed by atoms with E-state index in [0.717, 1.165) is 38.2 Å². The standard InChI is InChI=1S/C19H20N3.C5H9O.Os/c1-13-5-3-8-17(14(13)2)18(19-11-21-12-22-19)10-15-6-4-7-16(20)9-15;1-2-4-6-5-3-1;/h3-9,11-12,18,20H,10H2,1-2H3,(H,21,22);1H,2-5H2;/q2*-1;+1. The van der Waals surface area contributed by atoms with Crippen LogP contribution in [0.3, 0.4) is 0 Å². The van der Waals surface area contributed by atoms with Crippen molar-refractivity contribution in [2.45, 2.75) is 39.0 Å². The molecule has 0 saturated carbocycles. The van der Waals surface area contributed by atoms with Gasteiger partial charge in [0.1, 0.15) is 0 Å². The summed E-state index contributed by atoms with van der Waals surface area (Å²) in [5, 5.41) is 0. The van der Waals surface area contributed by atoms with Crippen LogP contribution >= 0.6 is 0 Å². The molecule has 29 heavy (non-hydrogen) atoms. The number of hydrogen-bond acceptors (Lipinski definition) is 2. The first-order chi connectivity index (χ1) is 13.6. The van der Waals surface area contributed by atoms with Crippen LogP contribution in [0.15, 0.2) is 55.0 Å². The zero-order chi connectivity index (χ0) is 19.8. The topological polar surface area (TPSA) is 61.7 Å².